The van der Waals surface area contributed by atoms with Crippen LogP contribution in [0.5, 0.6) is 0 Å². The first-order valence-corrected chi connectivity index (χ1v) is 12.0. The highest BCUT2D eigenvalue weighted by atomic mass is 32.2. The third kappa shape index (κ3) is 6.03. The molecule has 1 aliphatic heterocycles. The van der Waals surface area contributed by atoms with Gasteiger partial charge in [0.2, 0.25) is 0 Å². The van der Waals surface area contributed by atoms with Gasteiger partial charge in [0.1, 0.15) is 0 Å². The molecule has 0 atom stereocenters. The molecule has 0 saturated carbocycles. The van der Waals surface area contributed by atoms with E-state index in [1.54, 1.807) is 42.5 Å². The monoisotopic (exact) mass is 502 g/mol. The largest absolute Gasteiger partial charge is 0.452 e. The van der Waals surface area contributed by atoms with Crippen molar-refractivity contribution in [3.05, 3.63) is 100.0 Å². The zero-order valence-electron chi connectivity index (χ0n) is 19.1. The minimum absolute atomic E-state index is 0.186. The van der Waals surface area contributed by atoms with Gasteiger partial charge in [-0.1, -0.05) is 65.9 Å². The Bertz CT molecular complexity index is 1330. The molecule has 0 aliphatic carbocycles. The smallest absolute Gasteiger partial charge is 0.338 e. The van der Waals surface area contributed by atoms with Crippen LogP contribution in [0.4, 0.5) is 11.4 Å². The van der Waals surface area contributed by atoms with E-state index in [0.29, 0.717) is 20.5 Å². The number of carbonyl (C=O) groups is 3. The lowest BCUT2D eigenvalue weighted by Crippen LogP contribution is -2.27. The Hall–Kier alpha value is -3.75. The standard InChI is InChI=1S/C27H22N2O4S2/c1-17-6-12-21(13-7-17)28-24(30)16-33-26(32)20-10-8-19(9-11-20)15-23-25(31)29(27(34)35-23)22-5-3-4-18(2)14-22/h3-15H,16H2,1-2H3,(H,28,30)/b23-15+. The predicted molar refractivity (Wildman–Crippen MR) is 143 cm³/mol. The molecule has 1 N–H and O–H groups in total. The van der Waals surface area contributed by atoms with Gasteiger partial charge in [-0.25, -0.2) is 4.79 Å². The number of carbonyl (C=O) groups excluding carboxylic acids is 3. The summed E-state index contributed by atoms with van der Waals surface area (Å²) in [4.78, 5) is 39.3. The van der Waals surface area contributed by atoms with Gasteiger partial charge in [0.05, 0.1) is 16.2 Å². The second-order valence-electron chi connectivity index (χ2n) is 7.97. The first-order chi connectivity index (χ1) is 16.8. The number of aryl methyl sites for hydroxylation is 2. The van der Waals surface area contributed by atoms with Crippen LogP contribution in [0.25, 0.3) is 6.08 Å². The SMILES string of the molecule is Cc1ccc(NC(=O)COC(=O)c2ccc(/C=C3/SC(=S)N(c4cccc(C)c4)C3=O)cc2)cc1. The normalized spacial score (nSPS) is 14.3. The third-order valence-corrected chi connectivity index (χ3v) is 6.47. The summed E-state index contributed by atoms with van der Waals surface area (Å²) in [5.41, 5.74) is 4.53. The topological polar surface area (TPSA) is 75.7 Å². The number of ether oxygens (including phenoxy) is 1. The van der Waals surface area contributed by atoms with Gasteiger partial charge >= 0.3 is 5.97 Å². The summed E-state index contributed by atoms with van der Waals surface area (Å²) in [6, 6.07) is 21.5. The van der Waals surface area contributed by atoms with E-state index in [4.69, 9.17) is 17.0 Å². The Morgan fingerprint density at radius 1 is 1.00 bits per heavy atom. The molecule has 6 nitrogen and oxygen atoms in total. The van der Waals surface area contributed by atoms with Crippen LogP contribution in [0.15, 0.2) is 77.7 Å². The molecule has 8 heteroatoms. The highest BCUT2D eigenvalue weighted by Gasteiger charge is 2.33. The van der Waals surface area contributed by atoms with E-state index in [-0.39, 0.29) is 5.91 Å². The van der Waals surface area contributed by atoms with Gasteiger partial charge in [0.25, 0.3) is 11.8 Å². The highest BCUT2D eigenvalue weighted by Crippen LogP contribution is 2.36. The van der Waals surface area contributed by atoms with Crippen molar-refractivity contribution in [1.29, 1.82) is 0 Å². The maximum atomic E-state index is 12.9. The number of rotatable bonds is 6. The molecule has 4 rings (SSSR count). The number of anilines is 2. The predicted octanol–water partition coefficient (Wildman–Crippen LogP) is 5.50. The average molecular weight is 503 g/mol. The number of benzene rings is 3. The van der Waals surface area contributed by atoms with Gasteiger partial charge < -0.3 is 10.1 Å². The molecule has 1 saturated heterocycles. The molecule has 0 bridgehead atoms. The Balaban J connectivity index is 1.36. The molecule has 176 valence electrons. The molecule has 0 spiro atoms. The van der Waals surface area contributed by atoms with Gasteiger partial charge in [0.15, 0.2) is 10.9 Å². The van der Waals surface area contributed by atoms with E-state index < -0.39 is 18.5 Å². The summed E-state index contributed by atoms with van der Waals surface area (Å²) < 4.78 is 5.58. The summed E-state index contributed by atoms with van der Waals surface area (Å²) >= 11 is 6.65. The summed E-state index contributed by atoms with van der Waals surface area (Å²) in [5.74, 6) is -1.22. The van der Waals surface area contributed by atoms with Crippen molar-refractivity contribution in [2.24, 2.45) is 0 Å². The van der Waals surface area contributed by atoms with Gasteiger partial charge in [-0.15, -0.1) is 0 Å². The van der Waals surface area contributed by atoms with E-state index in [1.807, 2.05) is 50.2 Å². The van der Waals surface area contributed by atoms with Crippen molar-refractivity contribution < 1.29 is 19.1 Å². The van der Waals surface area contributed by atoms with E-state index in [9.17, 15) is 14.4 Å². The second-order valence-corrected chi connectivity index (χ2v) is 9.64. The number of thiocarbonyl (C=S) groups is 1. The number of esters is 1. The minimum Gasteiger partial charge on any atom is -0.452 e. The van der Waals surface area contributed by atoms with E-state index in [2.05, 4.69) is 5.32 Å². The van der Waals surface area contributed by atoms with Crippen molar-refractivity contribution >= 4 is 63.5 Å². The van der Waals surface area contributed by atoms with E-state index >= 15 is 0 Å². The molecular formula is C27H22N2O4S2. The van der Waals surface area contributed by atoms with E-state index in [0.717, 1.165) is 22.4 Å². The second kappa shape index (κ2) is 10.7. The fourth-order valence-electron chi connectivity index (χ4n) is 3.37. The summed E-state index contributed by atoms with van der Waals surface area (Å²) in [5, 5.41) is 2.68. The van der Waals surface area contributed by atoms with Gasteiger partial charge in [0, 0.05) is 5.69 Å². The van der Waals surface area contributed by atoms with Crippen LogP contribution < -0.4 is 10.2 Å². The first kappa shape index (κ1) is 24.4. The molecule has 1 aliphatic rings. The quantitative estimate of drug-likeness (QED) is 0.272. The number of hydrogen-bond donors (Lipinski definition) is 1. The fourth-order valence-corrected chi connectivity index (χ4v) is 4.67. The van der Waals surface area contributed by atoms with Crippen molar-refractivity contribution in [3.8, 4) is 0 Å². The highest BCUT2D eigenvalue weighted by molar-refractivity contribution is 8.27. The van der Waals surface area contributed by atoms with Gasteiger partial charge in [-0.3, -0.25) is 14.5 Å². The van der Waals surface area contributed by atoms with Crippen LogP contribution in [0.2, 0.25) is 0 Å². The number of hydrogen-bond acceptors (Lipinski definition) is 6. The lowest BCUT2D eigenvalue weighted by molar-refractivity contribution is -0.119. The molecule has 1 fully saturated rings. The van der Waals surface area contributed by atoms with Crippen molar-refractivity contribution in [1.82, 2.24) is 0 Å². The van der Waals surface area contributed by atoms with Gasteiger partial charge in [-0.05, 0) is 67.4 Å². The number of nitrogens with one attached hydrogen (secondary N) is 1. The van der Waals surface area contributed by atoms with E-state index in [1.165, 1.54) is 16.7 Å². The number of amides is 2. The zero-order valence-corrected chi connectivity index (χ0v) is 20.7. The van der Waals surface area contributed by atoms with Crippen LogP contribution in [-0.2, 0) is 14.3 Å². The van der Waals surface area contributed by atoms with Crippen LogP contribution >= 0.6 is 24.0 Å². The molecule has 2 amide bonds. The Morgan fingerprint density at radius 3 is 2.40 bits per heavy atom. The van der Waals surface area contributed by atoms with Crippen molar-refractivity contribution in [3.63, 3.8) is 0 Å². The van der Waals surface area contributed by atoms with Crippen LogP contribution in [-0.4, -0.2) is 28.7 Å². The van der Waals surface area contributed by atoms with Crippen LogP contribution in [0.3, 0.4) is 0 Å². The maximum absolute atomic E-state index is 12.9. The lowest BCUT2D eigenvalue weighted by Gasteiger charge is -2.14. The minimum atomic E-state index is -0.610. The van der Waals surface area contributed by atoms with Crippen LogP contribution in [0, 0.1) is 13.8 Å². The summed E-state index contributed by atoms with van der Waals surface area (Å²) in [6.45, 7) is 3.52. The summed E-state index contributed by atoms with van der Waals surface area (Å²) in [7, 11) is 0. The van der Waals surface area contributed by atoms with Gasteiger partial charge in [-0.2, -0.15) is 0 Å². The van der Waals surface area contributed by atoms with Crippen LogP contribution in [0.1, 0.15) is 27.0 Å². The maximum Gasteiger partial charge on any atom is 0.338 e. The first-order valence-electron chi connectivity index (χ1n) is 10.8. The zero-order chi connectivity index (χ0) is 24.9. The molecule has 1 heterocycles. The molecule has 3 aromatic carbocycles. The molecule has 3 aromatic rings. The number of thioether (sulfide) groups is 1. The molecule has 35 heavy (non-hydrogen) atoms. The lowest BCUT2D eigenvalue weighted by atomic mass is 10.1. The Morgan fingerprint density at radius 2 is 1.71 bits per heavy atom. The van der Waals surface area contributed by atoms with Crippen molar-refractivity contribution in [2.45, 2.75) is 13.8 Å². The molecule has 0 unspecified atom stereocenters. The average Bonchev–Trinajstić information content (AvgIpc) is 3.12. The molecule has 0 radical (unpaired) electrons. The van der Waals surface area contributed by atoms with Crippen molar-refractivity contribution in [2.75, 3.05) is 16.8 Å². The molecular weight excluding hydrogens is 480 g/mol. The number of nitrogens with zero attached hydrogens (tertiary/aromatic N) is 1. The Labute approximate surface area is 213 Å². The Kier molecular flexibility index (Phi) is 7.43. The molecule has 0 aromatic heterocycles. The third-order valence-electron chi connectivity index (χ3n) is 5.17. The summed E-state index contributed by atoms with van der Waals surface area (Å²) in [6.07, 6.45) is 1.74. The fraction of sp³-hybridized carbons (Fsp3) is 0.111.